The van der Waals surface area contributed by atoms with Gasteiger partial charge in [0.15, 0.2) is 5.92 Å². The van der Waals surface area contributed by atoms with Gasteiger partial charge in [0, 0.05) is 20.8 Å². The van der Waals surface area contributed by atoms with Crippen LogP contribution in [0.3, 0.4) is 0 Å². The van der Waals surface area contributed by atoms with Crippen LogP contribution in [-0.4, -0.2) is 12.7 Å². The lowest BCUT2D eigenvalue weighted by molar-refractivity contribution is -0.155. The highest BCUT2D eigenvalue weighted by Gasteiger charge is 2.39. The Morgan fingerprint density at radius 2 is 2.12 bits per heavy atom. The molecule has 1 unspecified atom stereocenters. The number of nitriles is 1. The minimum atomic E-state index is -4.51. The number of halogens is 5. The molecule has 1 N–H and O–H groups in total. The molecule has 0 amide bonds. The molecule has 0 aliphatic heterocycles. The number of hydrogen-bond acceptors (Lipinski definition) is 2. The second-order valence-corrected chi connectivity index (χ2v) is 4.83. The van der Waals surface area contributed by atoms with Crippen molar-refractivity contribution in [3.63, 3.8) is 0 Å². The van der Waals surface area contributed by atoms with Crippen LogP contribution in [0.2, 0.25) is 5.02 Å². The number of nitrogens with zero attached hydrogens (tertiary/aromatic N) is 1. The molecule has 17 heavy (non-hydrogen) atoms. The van der Waals surface area contributed by atoms with Gasteiger partial charge in [-0.15, -0.1) is 0 Å². The van der Waals surface area contributed by atoms with Crippen molar-refractivity contribution in [2.75, 3.05) is 11.9 Å². The van der Waals surface area contributed by atoms with Crippen LogP contribution in [0, 0.1) is 20.8 Å². The molecule has 0 fully saturated rings. The summed E-state index contributed by atoms with van der Waals surface area (Å²) in [5.41, 5.74) is 0.527. The molecule has 0 radical (unpaired) electrons. The van der Waals surface area contributed by atoms with E-state index in [1.807, 2.05) is 22.6 Å². The van der Waals surface area contributed by atoms with E-state index >= 15 is 0 Å². The number of benzene rings is 1. The third-order valence-corrected chi connectivity index (χ3v) is 3.11. The predicted octanol–water partition coefficient (Wildman–Crippen LogP) is 4.06. The van der Waals surface area contributed by atoms with Gasteiger partial charge in [-0.05, 0) is 40.8 Å². The zero-order valence-electron chi connectivity index (χ0n) is 8.35. The number of rotatable bonds is 3. The molecule has 1 rings (SSSR count). The largest absolute Gasteiger partial charge is 0.406 e. The highest BCUT2D eigenvalue weighted by molar-refractivity contribution is 14.1. The number of anilines is 1. The highest BCUT2D eigenvalue weighted by Crippen LogP contribution is 2.27. The van der Waals surface area contributed by atoms with E-state index in [9.17, 15) is 13.2 Å². The smallest absolute Gasteiger partial charge is 0.383 e. The van der Waals surface area contributed by atoms with Crippen LogP contribution in [0.1, 0.15) is 0 Å². The monoisotopic (exact) mass is 374 g/mol. The summed E-state index contributed by atoms with van der Waals surface area (Å²) < 4.78 is 37.6. The van der Waals surface area contributed by atoms with Crippen molar-refractivity contribution in [3.8, 4) is 6.07 Å². The summed E-state index contributed by atoms with van der Waals surface area (Å²) in [6, 6.07) is 6.00. The quantitative estimate of drug-likeness (QED) is 0.810. The molecule has 0 spiro atoms. The molecule has 0 aromatic heterocycles. The molecule has 1 atom stereocenters. The first kappa shape index (κ1) is 14.4. The van der Waals surface area contributed by atoms with Gasteiger partial charge in [0.2, 0.25) is 0 Å². The van der Waals surface area contributed by atoms with E-state index in [1.54, 1.807) is 18.2 Å². The molecule has 0 saturated carbocycles. The fourth-order valence-electron chi connectivity index (χ4n) is 1.08. The van der Waals surface area contributed by atoms with Crippen molar-refractivity contribution >= 4 is 39.9 Å². The van der Waals surface area contributed by atoms with E-state index < -0.39 is 18.6 Å². The lowest BCUT2D eigenvalue weighted by Gasteiger charge is -2.15. The molecule has 0 heterocycles. The topological polar surface area (TPSA) is 35.8 Å². The van der Waals surface area contributed by atoms with Gasteiger partial charge >= 0.3 is 6.18 Å². The van der Waals surface area contributed by atoms with Crippen LogP contribution in [0.25, 0.3) is 0 Å². The maximum absolute atomic E-state index is 12.3. The van der Waals surface area contributed by atoms with Gasteiger partial charge in [-0.2, -0.15) is 18.4 Å². The Morgan fingerprint density at radius 1 is 1.47 bits per heavy atom. The van der Waals surface area contributed by atoms with E-state index in [-0.39, 0.29) is 0 Å². The van der Waals surface area contributed by atoms with Crippen LogP contribution >= 0.6 is 34.2 Å². The maximum atomic E-state index is 12.3. The Kier molecular flexibility index (Phi) is 4.89. The van der Waals surface area contributed by atoms with Gasteiger partial charge in [-0.1, -0.05) is 11.6 Å². The molecule has 2 nitrogen and oxygen atoms in total. The molecular weight excluding hydrogens is 367 g/mol. The molecule has 1 aromatic carbocycles. The van der Waals surface area contributed by atoms with Crippen LogP contribution in [0.4, 0.5) is 18.9 Å². The van der Waals surface area contributed by atoms with Gasteiger partial charge in [0.05, 0.1) is 6.07 Å². The molecule has 92 valence electrons. The first-order chi connectivity index (χ1) is 7.84. The molecule has 7 heteroatoms. The second-order valence-electron chi connectivity index (χ2n) is 3.23. The number of alkyl halides is 3. The van der Waals surface area contributed by atoms with Gasteiger partial charge in [0.25, 0.3) is 0 Å². The van der Waals surface area contributed by atoms with Crippen molar-refractivity contribution in [2.45, 2.75) is 6.18 Å². The summed E-state index contributed by atoms with van der Waals surface area (Å²) in [5, 5.41) is 11.5. The summed E-state index contributed by atoms with van der Waals surface area (Å²) in [6.45, 7) is -0.475. The van der Waals surface area contributed by atoms with Crippen molar-refractivity contribution < 1.29 is 13.2 Å². The zero-order chi connectivity index (χ0) is 13.1. The molecule has 0 aliphatic carbocycles. The van der Waals surface area contributed by atoms with Crippen molar-refractivity contribution in [1.29, 1.82) is 5.26 Å². The standard InChI is InChI=1S/C10H7ClF3IN2/c11-7-1-2-9(8(15)3-7)17-5-6(4-16)10(12,13)14/h1-3,6,17H,5H2. The first-order valence-electron chi connectivity index (χ1n) is 4.50. The predicted molar refractivity (Wildman–Crippen MR) is 67.8 cm³/mol. The second kappa shape index (κ2) is 5.78. The van der Waals surface area contributed by atoms with Crippen LogP contribution < -0.4 is 5.32 Å². The normalized spacial score (nSPS) is 12.9. The summed E-state index contributed by atoms with van der Waals surface area (Å²) in [6.07, 6.45) is -4.51. The Hall–Kier alpha value is -0.680. The molecule has 0 saturated heterocycles. The van der Waals surface area contributed by atoms with Gasteiger partial charge < -0.3 is 5.32 Å². The van der Waals surface area contributed by atoms with Gasteiger partial charge in [-0.25, -0.2) is 0 Å². The van der Waals surface area contributed by atoms with E-state index in [4.69, 9.17) is 16.9 Å². The van der Waals surface area contributed by atoms with E-state index in [0.29, 0.717) is 14.3 Å². The van der Waals surface area contributed by atoms with Crippen LogP contribution in [0.5, 0.6) is 0 Å². The maximum Gasteiger partial charge on any atom is 0.406 e. The highest BCUT2D eigenvalue weighted by atomic mass is 127. The fraction of sp³-hybridized carbons (Fsp3) is 0.300. The van der Waals surface area contributed by atoms with Crippen LogP contribution in [-0.2, 0) is 0 Å². The molecule has 1 aromatic rings. The molecule has 0 aliphatic rings. The van der Waals surface area contributed by atoms with Crippen LogP contribution in [0.15, 0.2) is 18.2 Å². The van der Waals surface area contributed by atoms with E-state index in [0.717, 1.165) is 0 Å². The summed E-state index contributed by atoms with van der Waals surface area (Å²) in [4.78, 5) is 0. The lowest BCUT2D eigenvalue weighted by atomic mass is 10.1. The SMILES string of the molecule is N#CC(CNc1ccc(Cl)cc1I)C(F)(F)F. The van der Waals surface area contributed by atoms with E-state index in [2.05, 4.69) is 5.32 Å². The number of hydrogen-bond donors (Lipinski definition) is 1. The molecular formula is C10H7ClF3IN2. The fourth-order valence-corrected chi connectivity index (χ4v) is 2.14. The summed E-state index contributed by atoms with van der Waals surface area (Å²) >= 11 is 7.67. The summed E-state index contributed by atoms with van der Waals surface area (Å²) in [5.74, 6) is -2.02. The minimum absolute atomic E-state index is 0.475. The molecule has 0 bridgehead atoms. The van der Waals surface area contributed by atoms with Gasteiger partial charge in [-0.3, -0.25) is 0 Å². The van der Waals surface area contributed by atoms with Crippen molar-refractivity contribution in [2.24, 2.45) is 5.92 Å². The van der Waals surface area contributed by atoms with Gasteiger partial charge in [0.1, 0.15) is 0 Å². The Balaban J connectivity index is 2.71. The Bertz CT molecular complexity index is 442. The lowest BCUT2D eigenvalue weighted by Crippen LogP contribution is -2.28. The average molecular weight is 375 g/mol. The minimum Gasteiger partial charge on any atom is -0.383 e. The van der Waals surface area contributed by atoms with Crippen molar-refractivity contribution in [3.05, 3.63) is 26.8 Å². The van der Waals surface area contributed by atoms with E-state index in [1.165, 1.54) is 6.07 Å². The Morgan fingerprint density at radius 3 is 2.59 bits per heavy atom. The average Bonchev–Trinajstić information content (AvgIpc) is 2.19. The summed E-state index contributed by atoms with van der Waals surface area (Å²) in [7, 11) is 0. The Labute approximate surface area is 115 Å². The van der Waals surface area contributed by atoms with Crippen molar-refractivity contribution in [1.82, 2.24) is 0 Å². The number of nitrogens with one attached hydrogen (secondary N) is 1. The first-order valence-corrected chi connectivity index (χ1v) is 5.95. The zero-order valence-corrected chi connectivity index (χ0v) is 11.3. The third kappa shape index (κ3) is 4.24. The third-order valence-electron chi connectivity index (χ3n) is 1.98.